The van der Waals surface area contributed by atoms with E-state index in [0.29, 0.717) is 35.3 Å². The van der Waals surface area contributed by atoms with Crippen LogP contribution >= 0.6 is 0 Å². The molecule has 156 valence electrons. The molecule has 5 nitrogen and oxygen atoms in total. The van der Waals surface area contributed by atoms with Crippen molar-refractivity contribution < 1.29 is 22.3 Å². The van der Waals surface area contributed by atoms with Crippen LogP contribution in [-0.4, -0.2) is 16.2 Å². The number of halogens is 4. The lowest BCUT2D eigenvalue weighted by atomic mass is 10.0. The number of aromatic nitrogens is 2. The maximum Gasteiger partial charge on any atom is 0.387 e. The lowest BCUT2D eigenvalue weighted by molar-refractivity contribution is -0.0498. The van der Waals surface area contributed by atoms with Gasteiger partial charge in [0.2, 0.25) is 5.62 Å². The summed E-state index contributed by atoms with van der Waals surface area (Å²) in [5.41, 5.74) is 1.94. The lowest BCUT2D eigenvalue weighted by Gasteiger charge is -2.16. The molecule has 0 aliphatic carbocycles. The first-order valence-electron chi connectivity index (χ1n) is 9.21. The third kappa shape index (κ3) is 4.00. The number of aromatic amines is 1. The first-order valence-corrected chi connectivity index (χ1v) is 9.21. The van der Waals surface area contributed by atoms with Gasteiger partial charge in [-0.05, 0) is 61.2 Å². The molecule has 0 amide bonds. The summed E-state index contributed by atoms with van der Waals surface area (Å²) in [5, 5.41) is 0. The van der Waals surface area contributed by atoms with E-state index >= 15 is 0 Å². The molecule has 1 atom stereocenters. The van der Waals surface area contributed by atoms with Gasteiger partial charge in [0.15, 0.2) is 0 Å². The molecule has 1 aliphatic heterocycles. The van der Waals surface area contributed by atoms with Crippen molar-refractivity contribution in [3.63, 3.8) is 0 Å². The van der Waals surface area contributed by atoms with Crippen molar-refractivity contribution >= 4 is 5.69 Å². The van der Waals surface area contributed by atoms with Gasteiger partial charge in [0, 0.05) is 17.8 Å². The van der Waals surface area contributed by atoms with E-state index in [9.17, 15) is 22.4 Å². The Labute approximate surface area is 168 Å². The summed E-state index contributed by atoms with van der Waals surface area (Å²) < 4.78 is 58.5. The van der Waals surface area contributed by atoms with Crippen molar-refractivity contribution in [2.45, 2.75) is 32.4 Å². The molecule has 0 saturated heterocycles. The first-order chi connectivity index (χ1) is 14.3. The Morgan fingerprint density at radius 3 is 2.53 bits per heavy atom. The normalized spacial score (nSPS) is 16.2. The van der Waals surface area contributed by atoms with Crippen LogP contribution in [0, 0.1) is 18.6 Å². The van der Waals surface area contributed by atoms with Crippen LogP contribution in [0.1, 0.15) is 29.3 Å². The number of nitrogens with one attached hydrogen (secondary N) is 1. The molecule has 0 radical (unpaired) electrons. The number of nitrogens with zero attached hydrogens (tertiary/aromatic N) is 2. The van der Waals surface area contributed by atoms with E-state index in [1.54, 1.807) is 11.5 Å². The summed E-state index contributed by atoms with van der Waals surface area (Å²) in [6.07, 6.45) is 1.08. The molecule has 0 bridgehead atoms. The Morgan fingerprint density at radius 1 is 1.13 bits per heavy atom. The van der Waals surface area contributed by atoms with Crippen molar-refractivity contribution in [2.75, 3.05) is 0 Å². The van der Waals surface area contributed by atoms with Crippen molar-refractivity contribution in [1.29, 1.82) is 0 Å². The lowest BCUT2D eigenvalue weighted by Crippen LogP contribution is -2.32. The summed E-state index contributed by atoms with van der Waals surface area (Å²) in [4.78, 5) is 19.3. The SMILES string of the molecule is Cc1cc(OC(F)F)ccc1/N=c1\[nH]c(=O)cc2n1C(c1cc(F)cc(F)c1)CC2. The monoisotopic (exact) mass is 419 g/mol. The number of aryl methyl sites for hydroxylation is 2. The Hall–Kier alpha value is -3.36. The van der Waals surface area contributed by atoms with Crippen LogP contribution < -0.4 is 15.9 Å². The Balaban J connectivity index is 1.84. The van der Waals surface area contributed by atoms with Gasteiger partial charge in [-0.1, -0.05) is 0 Å². The molecule has 2 aromatic carbocycles. The molecule has 1 unspecified atom stereocenters. The van der Waals surface area contributed by atoms with Crippen LogP contribution in [0.25, 0.3) is 0 Å². The molecule has 0 fully saturated rings. The van der Waals surface area contributed by atoms with Gasteiger partial charge in [0.05, 0.1) is 11.7 Å². The van der Waals surface area contributed by atoms with Gasteiger partial charge < -0.3 is 9.30 Å². The highest BCUT2D eigenvalue weighted by Gasteiger charge is 2.25. The second-order valence-corrected chi connectivity index (χ2v) is 7.01. The molecular formula is C21H17F4N3O2. The zero-order chi connectivity index (χ0) is 21.4. The first kappa shape index (κ1) is 19.9. The molecule has 9 heteroatoms. The van der Waals surface area contributed by atoms with E-state index in [2.05, 4.69) is 14.7 Å². The van der Waals surface area contributed by atoms with E-state index < -0.39 is 24.3 Å². The van der Waals surface area contributed by atoms with Crippen LogP contribution in [0.3, 0.4) is 0 Å². The number of hydrogen-bond donors (Lipinski definition) is 1. The molecule has 30 heavy (non-hydrogen) atoms. The van der Waals surface area contributed by atoms with E-state index in [1.807, 2.05) is 0 Å². The molecule has 0 spiro atoms. The Morgan fingerprint density at radius 2 is 1.87 bits per heavy atom. The predicted octanol–water partition coefficient (Wildman–Crippen LogP) is 4.13. The fourth-order valence-corrected chi connectivity index (χ4v) is 3.73. The predicted molar refractivity (Wildman–Crippen MR) is 101 cm³/mol. The highest BCUT2D eigenvalue weighted by atomic mass is 19.3. The number of rotatable bonds is 4. The van der Waals surface area contributed by atoms with Gasteiger partial charge in [-0.2, -0.15) is 8.78 Å². The number of alkyl halides is 2. The average Bonchev–Trinajstić information content (AvgIpc) is 3.06. The van der Waals surface area contributed by atoms with Crippen LogP contribution in [0.15, 0.2) is 52.3 Å². The van der Waals surface area contributed by atoms with Gasteiger partial charge in [-0.25, -0.2) is 13.8 Å². The standard InChI is InChI=1S/C21H17F4N3O2/c1-11-6-16(30-20(24)25)3-4-17(11)26-21-27-19(29)10-15-2-5-18(28(15)21)12-7-13(22)9-14(23)8-12/h3-4,6-10,18,20H,2,5H2,1H3,(H,26,27,29). The summed E-state index contributed by atoms with van der Waals surface area (Å²) in [6, 6.07) is 8.59. The van der Waals surface area contributed by atoms with Gasteiger partial charge >= 0.3 is 6.61 Å². The molecule has 1 aromatic heterocycles. The van der Waals surface area contributed by atoms with Crippen LogP contribution in [0.2, 0.25) is 0 Å². The average molecular weight is 419 g/mol. The number of benzene rings is 2. The quantitative estimate of drug-likeness (QED) is 0.647. The summed E-state index contributed by atoms with van der Waals surface area (Å²) in [6.45, 7) is -1.27. The summed E-state index contributed by atoms with van der Waals surface area (Å²) in [7, 11) is 0. The van der Waals surface area contributed by atoms with Gasteiger partial charge in [-0.15, -0.1) is 0 Å². The second kappa shape index (κ2) is 7.81. The highest BCUT2D eigenvalue weighted by molar-refractivity contribution is 5.49. The molecular weight excluding hydrogens is 402 g/mol. The van der Waals surface area contributed by atoms with Crippen LogP contribution in [-0.2, 0) is 6.42 Å². The van der Waals surface area contributed by atoms with Gasteiger partial charge in [-0.3, -0.25) is 9.78 Å². The molecule has 2 heterocycles. The third-order valence-electron chi connectivity index (χ3n) is 4.95. The second-order valence-electron chi connectivity index (χ2n) is 7.01. The van der Waals surface area contributed by atoms with Gasteiger partial charge in [0.25, 0.3) is 5.56 Å². The smallest absolute Gasteiger partial charge is 0.387 e. The maximum atomic E-state index is 13.8. The maximum absolute atomic E-state index is 13.8. The Kier molecular flexibility index (Phi) is 5.19. The molecule has 1 N–H and O–H groups in total. The number of ether oxygens (including phenoxy) is 1. The minimum absolute atomic E-state index is 0.00556. The number of H-pyrrole nitrogens is 1. The number of hydrogen-bond acceptors (Lipinski definition) is 3. The largest absolute Gasteiger partial charge is 0.435 e. The van der Waals surface area contributed by atoms with E-state index in [0.717, 1.165) is 6.07 Å². The molecule has 4 rings (SSSR count). The van der Waals surface area contributed by atoms with Crippen molar-refractivity contribution in [2.24, 2.45) is 4.99 Å². The van der Waals surface area contributed by atoms with Crippen molar-refractivity contribution in [1.82, 2.24) is 9.55 Å². The highest BCUT2D eigenvalue weighted by Crippen LogP contribution is 2.31. The zero-order valence-corrected chi connectivity index (χ0v) is 15.8. The Bertz CT molecular complexity index is 1210. The van der Waals surface area contributed by atoms with Crippen LogP contribution in [0.4, 0.5) is 23.2 Å². The summed E-state index contributed by atoms with van der Waals surface area (Å²) >= 11 is 0. The van der Waals surface area contributed by atoms with E-state index in [-0.39, 0.29) is 16.9 Å². The fourth-order valence-electron chi connectivity index (χ4n) is 3.73. The minimum atomic E-state index is -2.94. The topological polar surface area (TPSA) is 59.4 Å². The molecule has 1 aliphatic rings. The van der Waals surface area contributed by atoms with Gasteiger partial charge in [0.1, 0.15) is 17.4 Å². The van der Waals surface area contributed by atoms with Crippen molar-refractivity contribution in [3.8, 4) is 5.75 Å². The molecule has 0 saturated carbocycles. The zero-order valence-electron chi connectivity index (χ0n) is 15.8. The number of fused-ring (bicyclic) bond motifs is 1. The van der Waals surface area contributed by atoms with Crippen molar-refractivity contribution in [3.05, 3.63) is 86.9 Å². The van der Waals surface area contributed by atoms with E-state index in [4.69, 9.17) is 0 Å². The summed E-state index contributed by atoms with van der Waals surface area (Å²) in [5.74, 6) is -1.38. The fraction of sp³-hybridized carbons (Fsp3) is 0.238. The third-order valence-corrected chi connectivity index (χ3v) is 4.95. The van der Waals surface area contributed by atoms with Crippen LogP contribution in [0.5, 0.6) is 5.75 Å². The van der Waals surface area contributed by atoms with E-state index in [1.165, 1.54) is 36.4 Å². The minimum Gasteiger partial charge on any atom is -0.435 e. The molecule has 3 aromatic rings.